The Bertz CT molecular complexity index is 130. The largest absolute Gasteiger partial charge is 0.454 e. The van der Waals surface area contributed by atoms with Crippen molar-refractivity contribution < 1.29 is 9.53 Å². The molecule has 0 saturated heterocycles. The van der Waals surface area contributed by atoms with Crippen molar-refractivity contribution in [3.8, 4) is 0 Å². The number of ether oxygens (including phenoxy) is 1. The predicted molar refractivity (Wildman–Crippen MR) is 37.9 cm³/mol. The van der Waals surface area contributed by atoms with Crippen LogP contribution >= 0.6 is 22.6 Å². The molecule has 0 N–H and O–H groups in total. The van der Waals surface area contributed by atoms with Crippen LogP contribution < -0.4 is 0 Å². The number of carbonyl (C=O) groups excluding carboxylic acids is 1. The fourth-order valence-electron chi connectivity index (χ4n) is 0.497. The van der Waals surface area contributed by atoms with E-state index in [9.17, 15) is 4.79 Å². The van der Waals surface area contributed by atoms with Crippen LogP contribution in [0.25, 0.3) is 0 Å². The summed E-state index contributed by atoms with van der Waals surface area (Å²) in [6, 6.07) is 0. The number of hydrogen-bond acceptors (Lipinski definition) is 2. The van der Waals surface area contributed by atoms with Crippen LogP contribution in [0, 0.1) is 0 Å². The summed E-state index contributed by atoms with van der Waals surface area (Å²) in [5.74, 6) is -0.216. The van der Waals surface area contributed by atoms with Gasteiger partial charge in [0, 0.05) is 10.5 Å². The van der Waals surface area contributed by atoms with Crippen molar-refractivity contribution in [3.63, 3.8) is 0 Å². The number of alkyl halides is 1. The standard InChI is InChI=1S/C5H5IO2/c6-3-4-1-2-5(7)8-4/h1-2,4H,3H2. The zero-order valence-electron chi connectivity index (χ0n) is 4.13. The highest BCUT2D eigenvalue weighted by atomic mass is 127. The van der Waals surface area contributed by atoms with Gasteiger partial charge in [-0.2, -0.15) is 0 Å². The van der Waals surface area contributed by atoms with E-state index in [0.717, 1.165) is 4.43 Å². The van der Waals surface area contributed by atoms with Crippen molar-refractivity contribution in [3.05, 3.63) is 12.2 Å². The van der Waals surface area contributed by atoms with E-state index in [0.29, 0.717) is 0 Å². The first-order chi connectivity index (χ1) is 3.83. The van der Waals surface area contributed by atoms with Crippen molar-refractivity contribution in [2.24, 2.45) is 0 Å². The summed E-state index contributed by atoms with van der Waals surface area (Å²) in [6.07, 6.45) is 3.26. The molecular formula is C5H5IO2. The van der Waals surface area contributed by atoms with Crippen LogP contribution in [0.4, 0.5) is 0 Å². The highest BCUT2D eigenvalue weighted by Crippen LogP contribution is 2.06. The second-order valence-corrected chi connectivity index (χ2v) is 2.37. The molecule has 2 nitrogen and oxygen atoms in total. The van der Waals surface area contributed by atoms with Crippen LogP contribution in [-0.4, -0.2) is 16.5 Å². The lowest BCUT2D eigenvalue weighted by atomic mass is 10.4. The van der Waals surface area contributed by atoms with Crippen LogP contribution in [0.2, 0.25) is 0 Å². The Morgan fingerprint density at radius 2 is 2.62 bits per heavy atom. The summed E-state index contributed by atoms with van der Waals surface area (Å²) >= 11 is 2.17. The molecule has 1 aliphatic rings. The molecule has 0 aromatic carbocycles. The fraction of sp³-hybridized carbons (Fsp3) is 0.400. The van der Waals surface area contributed by atoms with E-state index < -0.39 is 0 Å². The average Bonchev–Trinajstić information content (AvgIpc) is 2.14. The smallest absolute Gasteiger partial charge is 0.331 e. The zero-order valence-corrected chi connectivity index (χ0v) is 6.29. The number of cyclic esters (lactones) is 1. The van der Waals surface area contributed by atoms with Gasteiger partial charge in [-0.05, 0) is 6.08 Å². The van der Waals surface area contributed by atoms with Crippen LogP contribution in [0.3, 0.4) is 0 Å². The van der Waals surface area contributed by atoms with Crippen molar-refractivity contribution in [2.45, 2.75) is 6.10 Å². The van der Waals surface area contributed by atoms with Crippen LogP contribution in [-0.2, 0) is 9.53 Å². The quantitative estimate of drug-likeness (QED) is 0.375. The van der Waals surface area contributed by atoms with E-state index in [1.54, 1.807) is 6.08 Å². The molecule has 0 radical (unpaired) electrons. The van der Waals surface area contributed by atoms with Gasteiger partial charge in [0.1, 0.15) is 6.10 Å². The van der Waals surface area contributed by atoms with Gasteiger partial charge in [0.15, 0.2) is 0 Å². The Hall–Kier alpha value is -0.0600. The van der Waals surface area contributed by atoms with Gasteiger partial charge in [-0.3, -0.25) is 0 Å². The van der Waals surface area contributed by atoms with Gasteiger partial charge in [-0.25, -0.2) is 4.79 Å². The summed E-state index contributed by atoms with van der Waals surface area (Å²) in [5.41, 5.74) is 0. The molecule has 1 heterocycles. The number of esters is 1. The van der Waals surface area contributed by atoms with Gasteiger partial charge in [0.05, 0.1) is 0 Å². The average molecular weight is 224 g/mol. The number of hydrogen-bond donors (Lipinski definition) is 0. The Morgan fingerprint density at radius 1 is 1.88 bits per heavy atom. The molecule has 8 heavy (non-hydrogen) atoms. The van der Waals surface area contributed by atoms with E-state index in [2.05, 4.69) is 22.6 Å². The zero-order chi connectivity index (χ0) is 5.98. The van der Waals surface area contributed by atoms with Crippen molar-refractivity contribution in [1.29, 1.82) is 0 Å². The molecule has 0 aromatic rings. The maximum atomic E-state index is 10.3. The third-order valence-electron chi connectivity index (χ3n) is 0.867. The lowest BCUT2D eigenvalue weighted by Crippen LogP contribution is -2.07. The summed E-state index contributed by atoms with van der Waals surface area (Å²) in [4.78, 5) is 10.3. The lowest BCUT2D eigenvalue weighted by molar-refractivity contribution is -0.137. The van der Waals surface area contributed by atoms with Gasteiger partial charge in [-0.15, -0.1) is 0 Å². The van der Waals surface area contributed by atoms with E-state index in [1.165, 1.54) is 6.08 Å². The Kier molecular flexibility index (Phi) is 1.88. The Labute approximate surface area is 61.0 Å². The van der Waals surface area contributed by atoms with Crippen LogP contribution in [0.1, 0.15) is 0 Å². The van der Waals surface area contributed by atoms with E-state index in [-0.39, 0.29) is 12.1 Å². The van der Waals surface area contributed by atoms with Gasteiger partial charge >= 0.3 is 5.97 Å². The highest BCUT2D eigenvalue weighted by Gasteiger charge is 2.13. The predicted octanol–water partition coefficient (Wildman–Crippen LogP) is 0.903. The molecule has 0 aliphatic carbocycles. The molecule has 1 rings (SSSR count). The van der Waals surface area contributed by atoms with Gasteiger partial charge < -0.3 is 4.74 Å². The van der Waals surface area contributed by atoms with Gasteiger partial charge in [-0.1, -0.05) is 22.6 Å². The molecule has 0 bridgehead atoms. The van der Waals surface area contributed by atoms with Crippen molar-refractivity contribution in [1.82, 2.24) is 0 Å². The number of carbonyl (C=O) groups is 1. The second-order valence-electron chi connectivity index (χ2n) is 1.49. The van der Waals surface area contributed by atoms with E-state index >= 15 is 0 Å². The minimum Gasteiger partial charge on any atom is -0.454 e. The minimum atomic E-state index is -0.216. The normalized spacial score (nSPS) is 26.1. The molecule has 0 amide bonds. The molecule has 0 saturated carbocycles. The first kappa shape index (κ1) is 6.07. The third-order valence-corrected chi connectivity index (χ3v) is 1.73. The minimum absolute atomic E-state index is 0.0306. The number of rotatable bonds is 1. The molecule has 0 fully saturated rings. The van der Waals surface area contributed by atoms with Gasteiger partial charge in [0.25, 0.3) is 0 Å². The monoisotopic (exact) mass is 224 g/mol. The maximum Gasteiger partial charge on any atom is 0.331 e. The Morgan fingerprint density at radius 3 is 2.88 bits per heavy atom. The summed E-state index contributed by atoms with van der Waals surface area (Å²) in [5, 5.41) is 0. The lowest BCUT2D eigenvalue weighted by Gasteiger charge is -2.00. The first-order valence-corrected chi connectivity index (χ1v) is 3.80. The summed E-state index contributed by atoms with van der Waals surface area (Å²) in [7, 11) is 0. The number of halogens is 1. The molecule has 3 heteroatoms. The molecule has 0 aromatic heterocycles. The SMILES string of the molecule is O=C1C=CC(CI)O1. The molecule has 1 aliphatic heterocycles. The molecular weight excluding hydrogens is 219 g/mol. The van der Waals surface area contributed by atoms with E-state index in [4.69, 9.17) is 4.74 Å². The first-order valence-electron chi connectivity index (χ1n) is 2.27. The maximum absolute atomic E-state index is 10.3. The highest BCUT2D eigenvalue weighted by molar-refractivity contribution is 14.1. The Balaban J connectivity index is 2.46. The van der Waals surface area contributed by atoms with Crippen LogP contribution in [0.15, 0.2) is 12.2 Å². The second kappa shape index (κ2) is 2.48. The van der Waals surface area contributed by atoms with E-state index in [1.807, 2.05) is 0 Å². The summed E-state index contributed by atoms with van der Waals surface area (Å²) in [6.45, 7) is 0. The van der Waals surface area contributed by atoms with Crippen molar-refractivity contribution >= 4 is 28.6 Å². The molecule has 44 valence electrons. The molecule has 1 unspecified atom stereocenters. The van der Waals surface area contributed by atoms with Crippen molar-refractivity contribution in [2.75, 3.05) is 4.43 Å². The topological polar surface area (TPSA) is 26.3 Å². The summed E-state index contributed by atoms with van der Waals surface area (Å²) < 4.78 is 5.60. The van der Waals surface area contributed by atoms with Crippen LogP contribution in [0.5, 0.6) is 0 Å². The van der Waals surface area contributed by atoms with Gasteiger partial charge in [0.2, 0.25) is 0 Å². The molecule has 0 spiro atoms. The third kappa shape index (κ3) is 1.21. The molecule has 1 atom stereocenters. The fourth-order valence-corrected chi connectivity index (χ4v) is 0.970.